The Bertz CT molecular complexity index is 1740. The summed E-state index contributed by atoms with van der Waals surface area (Å²) in [5, 5.41) is 20.2. The van der Waals surface area contributed by atoms with Gasteiger partial charge in [0.05, 0.1) is 40.3 Å². The molecule has 240 valence electrons. The average molecular weight is 665 g/mol. The molecule has 4 aromatic rings. The second kappa shape index (κ2) is 14.4. The van der Waals surface area contributed by atoms with Crippen LogP contribution in [0.25, 0.3) is 22.4 Å². The zero-order valence-electron chi connectivity index (χ0n) is 25.5. The second-order valence-corrected chi connectivity index (χ2v) is 12.5. The van der Waals surface area contributed by atoms with Crippen LogP contribution < -0.4 is 20.7 Å². The number of nitrogens with zero attached hydrogens (tertiary/aromatic N) is 2. The van der Waals surface area contributed by atoms with Crippen molar-refractivity contribution in [3.63, 3.8) is 0 Å². The molecule has 2 atom stereocenters. The summed E-state index contributed by atoms with van der Waals surface area (Å²) in [6, 6.07) is 18.5. The van der Waals surface area contributed by atoms with Crippen LogP contribution in [0.2, 0.25) is 10.0 Å². The molecule has 0 bridgehead atoms. The van der Waals surface area contributed by atoms with Crippen molar-refractivity contribution in [3.8, 4) is 28.1 Å². The number of anilines is 2. The van der Waals surface area contributed by atoms with E-state index in [2.05, 4.69) is 20.9 Å². The highest BCUT2D eigenvalue weighted by Gasteiger charge is 2.23. The van der Waals surface area contributed by atoms with Crippen LogP contribution in [0, 0.1) is 5.82 Å². The Labute approximate surface area is 277 Å². The molecule has 2 aliphatic rings. The fraction of sp³-hybridized carbons (Fsp3) is 0.314. The summed E-state index contributed by atoms with van der Waals surface area (Å²) in [6.45, 7) is 2.96. The van der Waals surface area contributed by atoms with Crippen LogP contribution in [0.3, 0.4) is 0 Å². The van der Waals surface area contributed by atoms with Gasteiger partial charge in [-0.15, -0.1) is 0 Å². The standard InChI is InChI=1S/C35H36Cl2FN5O3/c1-46-30-16-21(8-9-22(30)17-39-18-24-10-11-31(45)41-24)35-33(37)27(12-14-40-35)26-5-3-6-28(32(26)36)42-29-7-2-4-23(34(29)38)19-43-15-13-25(44)20-43/h2-9,12,14,16,24-25,39,42,44H,10-11,13,15,17-20H2,1H3,(H,41,45)/t24-,25-/m0/s1. The Kier molecular flexibility index (Phi) is 10.1. The zero-order valence-corrected chi connectivity index (χ0v) is 27.0. The van der Waals surface area contributed by atoms with E-state index >= 15 is 4.39 Å². The fourth-order valence-corrected chi connectivity index (χ4v) is 6.68. The van der Waals surface area contributed by atoms with E-state index < -0.39 is 0 Å². The van der Waals surface area contributed by atoms with Crippen LogP contribution in [-0.2, 0) is 17.9 Å². The lowest BCUT2D eigenvalue weighted by Crippen LogP contribution is -2.35. The van der Waals surface area contributed by atoms with Crippen LogP contribution in [0.5, 0.6) is 5.75 Å². The number of aromatic nitrogens is 1. The van der Waals surface area contributed by atoms with E-state index in [1.807, 2.05) is 41.3 Å². The molecule has 4 N–H and O–H groups in total. The van der Waals surface area contributed by atoms with Gasteiger partial charge in [0, 0.05) is 79.2 Å². The largest absolute Gasteiger partial charge is 0.496 e. The quantitative estimate of drug-likeness (QED) is 0.144. The number of halogens is 3. The number of β-amino-alcohol motifs (C(OH)–C–C–N with tert-alkyl or cyclic N) is 1. The molecule has 11 heteroatoms. The van der Waals surface area contributed by atoms with Gasteiger partial charge in [0.25, 0.3) is 0 Å². The molecule has 46 heavy (non-hydrogen) atoms. The monoisotopic (exact) mass is 663 g/mol. The summed E-state index contributed by atoms with van der Waals surface area (Å²) in [5.41, 5.74) is 5.09. The zero-order chi connectivity index (χ0) is 32.2. The number of pyridine rings is 1. The Morgan fingerprint density at radius 3 is 2.61 bits per heavy atom. The lowest BCUT2D eigenvalue weighted by atomic mass is 10.0. The third-order valence-corrected chi connectivity index (χ3v) is 9.31. The van der Waals surface area contributed by atoms with Gasteiger partial charge in [0.1, 0.15) is 5.75 Å². The topological polar surface area (TPSA) is 98.8 Å². The predicted molar refractivity (Wildman–Crippen MR) is 180 cm³/mol. The average Bonchev–Trinajstić information content (AvgIpc) is 3.67. The summed E-state index contributed by atoms with van der Waals surface area (Å²) < 4.78 is 21.3. The number of likely N-dealkylation sites (tertiary alicyclic amines) is 1. The molecule has 2 fully saturated rings. The van der Waals surface area contributed by atoms with Crippen LogP contribution in [0.15, 0.2) is 66.9 Å². The number of carbonyl (C=O) groups is 1. The minimum absolute atomic E-state index is 0.0967. The number of nitrogens with one attached hydrogen (secondary N) is 3. The third kappa shape index (κ3) is 7.14. The van der Waals surface area contributed by atoms with Gasteiger partial charge in [-0.05, 0) is 37.1 Å². The number of aliphatic hydroxyl groups excluding tert-OH is 1. The number of methoxy groups -OCH3 is 1. The van der Waals surface area contributed by atoms with E-state index in [9.17, 15) is 9.90 Å². The molecule has 0 unspecified atom stereocenters. The van der Waals surface area contributed by atoms with Gasteiger partial charge in [-0.3, -0.25) is 14.7 Å². The molecule has 0 aliphatic carbocycles. The van der Waals surface area contributed by atoms with E-state index in [4.69, 9.17) is 27.9 Å². The third-order valence-electron chi connectivity index (χ3n) is 8.52. The summed E-state index contributed by atoms with van der Waals surface area (Å²) in [7, 11) is 1.62. The van der Waals surface area contributed by atoms with Crippen molar-refractivity contribution in [2.75, 3.05) is 32.1 Å². The molecular weight excluding hydrogens is 628 g/mol. The number of hydrogen-bond donors (Lipinski definition) is 4. The highest BCUT2D eigenvalue weighted by Crippen LogP contribution is 2.42. The van der Waals surface area contributed by atoms with Crippen LogP contribution >= 0.6 is 23.2 Å². The molecule has 0 radical (unpaired) electrons. The van der Waals surface area contributed by atoms with Crippen molar-refractivity contribution in [1.82, 2.24) is 20.5 Å². The number of carbonyl (C=O) groups excluding carboxylic acids is 1. The number of aliphatic hydroxyl groups is 1. The van der Waals surface area contributed by atoms with Gasteiger partial charge in [-0.2, -0.15) is 0 Å². The summed E-state index contributed by atoms with van der Waals surface area (Å²) >= 11 is 13.9. The summed E-state index contributed by atoms with van der Waals surface area (Å²) in [4.78, 5) is 18.1. The maximum absolute atomic E-state index is 15.6. The predicted octanol–water partition coefficient (Wildman–Crippen LogP) is 6.55. The Hall–Kier alpha value is -3.73. The number of ether oxygens (including phenoxy) is 1. The smallest absolute Gasteiger partial charge is 0.220 e. The SMILES string of the molecule is COc1cc(-c2nccc(-c3cccc(Nc4cccc(CN5CC[C@H](O)C5)c4F)c3Cl)c2Cl)ccc1CNC[C@@H]1CCC(=O)N1. The minimum atomic E-state index is -0.367. The van der Waals surface area contributed by atoms with Gasteiger partial charge in [0.15, 0.2) is 5.82 Å². The second-order valence-electron chi connectivity index (χ2n) is 11.7. The van der Waals surface area contributed by atoms with E-state index in [1.54, 1.807) is 37.6 Å². The van der Waals surface area contributed by atoms with Crippen molar-refractivity contribution in [2.24, 2.45) is 0 Å². The molecule has 2 saturated heterocycles. The minimum Gasteiger partial charge on any atom is -0.496 e. The molecular formula is C35H36Cl2FN5O3. The van der Waals surface area contributed by atoms with Gasteiger partial charge >= 0.3 is 0 Å². The molecule has 0 spiro atoms. The first-order chi connectivity index (χ1) is 22.3. The molecule has 0 saturated carbocycles. The van der Waals surface area contributed by atoms with Crippen LogP contribution in [0.1, 0.15) is 30.4 Å². The highest BCUT2D eigenvalue weighted by atomic mass is 35.5. The van der Waals surface area contributed by atoms with E-state index in [0.29, 0.717) is 88.6 Å². The Morgan fingerprint density at radius 1 is 1.04 bits per heavy atom. The number of rotatable bonds is 11. The molecule has 3 aromatic carbocycles. The summed E-state index contributed by atoms with van der Waals surface area (Å²) in [6.07, 6.45) is 3.42. The van der Waals surface area contributed by atoms with E-state index in [-0.39, 0.29) is 23.9 Å². The van der Waals surface area contributed by atoms with Crippen LogP contribution in [0.4, 0.5) is 15.8 Å². The van der Waals surface area contributed by atoms with Gasteiger partial charge in [-0.25, -0.2) is 4.39 Å². The van der Waals surface area contributed by atoms with Gasteiger partial charge in [-0.1, -0.05) is 59.6 Å². The van der Waals surface area contributed by atoms with Crippen molar-refractivity contribution in [2.45, 2.75) is 44.5 Å². The maximum atomic E-state index is 15.6. The lowest BCUT2D eigenvalue weighted by Gasteiger charge is -2.18. The number of amides is 1. The van der Waals surface area contributed by atoms with Gasteiger partial charge < -0.3 is 25.8 Å². The fourth-order valence-electron chi connectivity index (χ4n) is 6.08. The summed E-state index contributed by atoms with van der Waals surface area (Å²) in [5.74, 6) is 0.435. The van der Waals surface area contributed by atoms with Crippen LogP contribution in [-0.4, -0.2) is 59.8 Å². The normalized spacial score (nSPS) is 18.2. The highest BCUT2D eigenvalue weighted by molar-refractivity contribution is 6.39. The Balaban J connectivity index is 1.21. The van der Waals surface area contributed by atoms with Gasteiger partial charge in [0.2, 0.25) is 5.91 Å². The molecule has 1 aromatic heterocycles. The number of benzene rings is 3. The van der Waals surface area contributed by atoms with Crippen molar-refractivity contribution in [1.29, 1.82) is 0 Å². The van der Waals surface area contributed by atoms with Crippen molar-refractivity contribution < 1.29 is 19.0 Å². The van der Waals surface area contributed by atoms with E-state index in [1.165, 1.54) is 0 Å². The van der Waals surface area contributed by atoms with E-state index in [0.717, 1.165) is 24.1 Å². The van der Waals surface area contributed by atoms with Crippen molar-refractivity contribution >= 4 is 40.5 Å². The lowest BCUT2D eigenvalue weighted by molar-refractivity contribution is -0.119. The Morgan fingerprint density at radius 2 is 1.85 bits per heavy atom. The molecule has 3 heterocycles. The molecule has 8 nitrogen and oxygen atoms in total. The van der Waals surface area contributed by atoms with Crippen molar-refractivity contribution in [3.05, 3.63) is 93.8 Å². The maximum Gasteiger partial charge on any atom is 0.220 e. The molecule has 1 amide bonds. The first kappa shape index (κ1) is 32.2. The molecule has 2 aliphatic heterocycles. The molecule has 6 rings (SSSR count). The first-order valence-electron chi connectivity index (χ1n) is 15.4. The number of hydrogen-bond acceptors (Lipinski definition) is 7. The first-order valence-corrected chi connectivity index (χ1v) is 16.1.